The molecule has 0 aromatic carbocycles. The summed E-state index contributed by atoms with van der Waals surface area (Å²) in [5.74, 6) is -0.902. The maximum atomic E-state index is 11.9. The molecule has 4 heteroatoms. The van der Waals surface area contributed by atoms with Crippen molar-refractivity contribution in [3.63, 3.8) is 0 Å². The quantitative estimate of drug-likeness (QED) is 0.518. The second-order valence-electron chi connectivity index (χ2n) is 4.36. The zero-order chi connectivity index (χ0) is 12.9. The number of carbonyl (C=O) groups is 2. The number of hydrogen-bond acceptors (Lipinski definition) is 4. The Balaban J connectivity index is 5.03. The summed E-state index contributed by atoms with van der Waals surface area (Å²) in [5.41, 5.74) is -1.45. The highest BCUT2D eigenvalue weighted by Crippen LogP contribution is 2.22. The van der Waals surface area contributed by atoms with E-state index in [0.29, 0.717) is 0 Å². The normalized spacial score (nSPS) is 15.0. The number of carbonyl (C=O) groups excluding carboxylic acids is 2. The first-order valence-corrected chi connectivity index (χ1v) is 5.66. The molecule has 0 radical (unpaired) electrons. The number of hydrogen-bond donors (Lipinski definition) is 0. The van der Waals surface area contributed by atoms with Gasteiger partial charge in [-0.2, -0.15) is 0 Å². The van der Waals surface area contributed by atoms with Crippen LogP contribution >= 0.6 is 0 Å². The minimum atomic E-state index is -1.45. The van der Waals surface area contributed by atoms with Crippen LogP contribution in [0.5, 0.6) is 0 Å². The summed E-state index contributed by atoms with van der Waals surface area (Å²) in [6, 6.07) is 0. The van der Waals surface area contributed by atoms with Gasteiger partial charge in [0.05, 0.1) is 12.2 Å². The van der Waals surface area contributed by atoms with Crippen molar-refractivity contribution in [1.82, 2.24) is 0 Å². The Morgan fingerprint density at radius 3 is 1.88 bits per heavy atom. The lowest BCUT2D eigenvalue weighted by atomic mass is 9.95. The molecule has 0 saturated heterocycles. The molecule has 0 aliphatic heterocycles. The van der Waals surface area contributed by atoms with Gasteiger partial charge in [0.2, 0.25) is 5.60 Å². The summed E-state index contributed by atoms with van der Waals surface area (Å²) in [6.45, 7) is 10.2. The smallest absolute Gasteiger partial charge is 0.346 e. The molecule has 0 amide bonds. The van der Waals surface area contributed by atoms with Crippen molar-refractivity contribution in [2.45, 2.75) is 65.8 Å². The van der Waals surface area contributed by atoms with Crippen LogP contribution in [-0.2, 0) is 19.1 Å². The Bertz CT molecular complexity index is 258. The van der Waals surface area contributed by atoms with E-state index in [9.17, 15) is 9.59 Å². The molecular weight excluding hydrogens is 208 g/mol. The van der Waals surface area contributed by atoms with Gasteiger partial charge in [-0.05, 0) is 41.0 Å². The van der Waals surface area contributed by atoms with Crippen LogP contribution in [0.25, 0.3) is 0 Å². The number of Topliss-reactive ketones (excluding diaryl/α,β-unsaturated/α-hetero) is 1. The Morgan fingerprint density at radius 1 is 1.12 bits per heavy atom. The molecule has 4 nitrogen and oxygen atoms in total. The molecule has 0 aromatic rings. The highest BCUT2D eigenvalue weighted by molar-refractivity contribution is 6.06. The van der Waals surface area contributed by atoms with E-state index < -0.39 is 11.6 Å². The molecule has 0 heterocycles. The van der Waals surface area contributed by atoms with Crippen LogP contribution in [-0.4, -0.2) is 29.6 Å². The third-order valence-electron chi connectivity index (χ3n) is 2.18. The lowest BCUT2D eigenvalue weighted by Crippen LogP contribution is -2.50. The second-order valence-corrected chi connectivity index (χ2v) is 4.36. The van der Waals surface area contributed by atoms with Crippen LogP contribution in [0.3, 0.4) is 0 Å². The fourth-order valence-corrected chi connectivity index (χ4v) is 1.46. The highest BCUT2D eigenvalue weighted by atomic mass is 16.6. The summed E-state index contributed by atoms with van der Waals surface area (Å²) in [4.78, 5) is 23.5. The molecule has 0 aromatic heterocycles. The predicted molar refractivity (Wildman–Crippen MR) is 61.2 cm³/mol. The topological polar surface area (TPSA) is 52.6 Å². The fraction of sp³-hybridized carbons (Fsp3) is 0.833. The molecule has 0 aliphatic rings. The molecule has 0 bridgehead atoms. The van der Waals surface area contributed by atoms with Crippen molar-refractivity contribution in [1.29, 1.82) is 0 Å². The van der Waals surface area contributed by atoms with Gasteiger partial charge in [0.15, 0.2) is 5.78 Å². The zero-order valence-electron chi connectivity index (χ0n) is 11.0. The lowest BCUT2D eigenvalue weighted by Gasteiger charge is -2.30. The molecular formula is C12H22O4. The van der Waals surface area contributed by atoms with Gasteiger partial charge in [-0.1, -0.05) is 6.92 Å². The van der Waals surface area contributed by atoms with Crippen LogP contribution in [0, 0.1) is 0 Å². The summed E-state index contributed by atoms with van der Waals surface area (Å²) in [6.07, 6.45) is -0.177. The highest BCUT2D eigenvalue weighted by Gasteiger charge is 2.45. The van der Waals surface area contributed by atoms with Crippen molar-refractivity contribution in [3.05, 3.63) is 0 Å². The first-order chi connectivity index (χ1) is 7.26. The number of ketones is 1. The van der Waals surface area contributed by atoms with E-state index in [2.05, 4.69) is 0 Å². The molecule has 1 unspecified atom stereocenters. The standard InChI is InChI=1S/C12H22O4/c1-7-12(10(6)13,16-9(4)5)11(14)15-8(2)3/h8-9H,7H2,1-6H3. The number of ether oxygens (including phenoxy) is 2. The predicted octanol–water partition coefficient (Wildman–Crippen LogP) is 2.10. The molecule has 0 saturated carbocycles. The monoisotopic (exact) mass is 230 g/mol. The molecule has 0 rings (SSSR count). The van der Waals surface area contributed by atoms with Gasteiger partial charge >= 0.3 is 5.97 Å². The summed E-state index contributed by atoms with van der Waals surface area (Å²) in [5, 5.41) is 0. The van der Waals surface area contributed by atoms with E-state index in [1.54, 1.807) is 34.6 Å². The molecule has 0 aliphatic carbocycles. The van der Waals surface area contributed by atoms with Crippen LogP contribution in [0.15, 0.2) is 0 Å². The van der Waals surface area contributed by atoms with Gasteiger partial charge in [0.1, 0.15) is 0 Å². The molecule has 0 N–H and O–H groups in total. The van der Waals surface area contributed by atoms with E-state index >= 15 is 0 Å². The van der Waals surface area contributed by atoms with Crippen LogP contribution < -0.4 is 0 Å². The van der Waals surface area contributed by atoms with E-state index in [0.717, 1.165) is 0 Å². The lowest BCUT2D eigenvalue weighted by molar-refractivity contribution is -0.185. The number of rotatable bonds is 6. The minimum absolute atomic E-state index is 0.205. The van der Waals surface area contributed by atoms with Crippen LogP contribution in [0.4, 0.5) is 0 Å². The second kappa shape index (κ2) is 5.99. The van der Waals surface area contributed by atoms with Gasteiger partial charge in [-0.3, -0.25) is 4.79 Å². The summed E-state index contributed by atoms with van der Waals surface area (Å²) in [7, 11) is 0. The van der Waals surface area contributed by atoms with Gasteiger partial charge in [-0.15, -0.1) is 0 Å². The first kappa shape index (κ1) is 15.1. The maximum Gasteiger partial charge on any atom is 0.346 e. The van der Waals surface area contributed by atoms with Gasteiger partial charge in [0.25, 0.3) is 0 Å². The molecule has 0 spiro atoms. The van der Waals surface area contributed by atoms with E-state index in [-0.39, 0.29) is 24.4 Å². The van der Waals surface area contributed by atoms with Crippen LogP contribution in [0.1, 0.15) is 48.0 Å². The van der Waals surface area contributed by atoms with E-state index in [1.165, 1.54) is 6.92 Å². The Morgan fingerprint density at radius 2 is 1.62 bits per heavy atom. The van der Waals surface area contributed by atoms with E-state index in [4.69, 9.17) is 9.47 Å². The zero-order valence-corrected chi connectivity index (χ0v) is 11.0. The van der Waals surface area contributed by atoms with Crippen molar-refractivity contribution < 1.29 is 19.1 Å². The van der Waals surface area contributed by atoms with Crippen LogP contribution in [0.2, 0.25) is 0 Å². The van der Waals surface area contributed by atoms with Crippen molar-refractivity contribution in [3.8, 4) is 0 Å². The largest absolute Gasteiger partial charge is 0.460 e. The Hall–Kier alpha value is -0.900. The summed E-state index contributed by atoms with van der Waals surface area (Å²) < 4.78 is 10.6. The first-order valence-electron chi connectivity index (χ1n) is 5.66. The van der Waals surface area contributed by atoms with E-state index in [1.807, 2.05) is 0 Å². The fourth-order valence-electron chi connectivity index (χ4n) is 1.46. The third-order valence-corrected chi connectivity index (χ3v) is 2.18. The van der Waals surface area contributed by atoms with Gasteiger partial charge in [0, 0.05) is 0 Å². The van der Waals surface area contributed by atoms with Crippen molar-refractivity contribution in [2.24, 2.45) is 0 Å². The Labute approximate surface area is 97.3 Å². The Kier molecular flexibility index (Phi) is 5.65. The van der Waals surface area contributed by atoms with Crippen molar-refractivity contribution in [2.75, 3.05) is 0 Å². The summed E-state index contributed by atoms with van der Waals surface area (Å²) >= 11 is 0. The van der Waals surface area contributed by atoms with Gasteiger partial charge < -0.3 is 9.47 Å². The SMILES string of the molecule is CCC(OC(C)C)(C(C)=O)C(=O)OC(C)C. The minimum Gasteiger partial charge on any atom is -0.460 e. The molecule has 1 atom stereocenters. The van der Waals surface area contributed by atoms with Crippen molar-refractivity contribution >= 4 is 11.8 Å². The average molecular weight is 230 g/mol. The third kappa shape index (κ3) is 3.59. The molecule has 94 valence electrons. The molecule has 0 fully saturated rings. The van der Waals surface area contributed by atoms with Gasteiger partial charge in [-0.25, -0.2) is 4.79 Å². The maximum absolute atomic E-state index is 11.9. The number of esters is 1. The average Bonchev–Trinajstić information content (AvgIpc) is 2.11. The molecule has 16 heavy (non-hydrogen) atoms.